The van der Waals surface area contributed by atoms with Crippen LogP contribution in [-0.4, -0.2) is 27.2 Å². The summed E-state index contributed by atoms with van der Waals surface area (Å²) in [5, 5.41) is 15.1. The van der Waals surface area contributed by atoms with Gasteiger partial charge in [-0.25, -0.2) is 0 Å². The van der Waals surface area contributed by atoms with E-state index in [1.807, 2.05) is 24.3 Å². The zero-order valence-corrected chi connectivity index (χ0v) is 25.8. The fourth-order valence-corrected chi connectivity index (χ4v) is 7.56. The normalized spacial score (nSPS) is 19.5. The van der Waals surface area contributed by atoms with Crippen molar-refractivity contribution in [1.82, 2.24) is 4.57 Å². The van der Waals surface area contributed by atoms with Crippen LogP contribution in [0.25, 0.3) is 22.0 Å². The molecular weight excluding hydrogens is 540 g/mol. The van der Waals surface area contributed by atoms with Gasteiger partial charge >= 0.3 is 0 Å². The lowest BCUT2D eigenvalue weighted by atomic mass is 9.78. The molecular formula is C40H40N2O2. The summed E-state index contributed by atoms with van der Waals surface area (Å²) >= 11 is 0. The number of allylic oxidation sites excluding steroid dienone is 11. The Hall–Kier alpha value is -4.44. The van der Waals surface area contributed by atoms with E-state index in [2.05, 4.69) is 95.9 Å². The van der Waals surface area contributed by atoms with Crippen LogP contribution in [0.2, 0.25) is 0 Å². The van der Waals surface area contributed by atoms with Gasteiger partial charge in [0.25, 0.3) is 0 Å². The summed E-state index contributed by atoms with van der Waals surface area (Å²) in [7, 11) is 0. The molecule has 0 fully saturated rings. The van der Waals surface area contributed by atoms with Gasteiger partial charge in [0.2, 0.25) is 5.69 Å². The number of carbonyl (C=O) groups is 1. The van der Waals surface area contributed by atoms with E-state index in [0.717, 1.165) is 96.3 Å². The van der Waals surface area contributed by atoms with Crippen molar-refractivity contribution in [3.8, 4) is 0 Å². The van der Waals surface area contributed by atoms with Crippen LogP contribution in [0, 0.1) is 18.8 Å². The third-order valence-corrected chi connectivity index (χ3v) is 9.86. The van der Waals surface area contributed by atoms with Crippen LogP contribution in [0.15, 0.2) is 108 Å². The lowest BCUT2D eigenvalue weighted by molar-refractivity contribution is -0.438. The molecule has 0 saturated carbocycles. The third kappa shape index (κ3) is 4.87. The number of hydrogen-bond acceptors (Lipinski definition) is 2. The molecule has 0 amide bonds. The Morgan fingerprint density at radius 2 is 1.39 bits per heavy atom. The summed E-state index contributed by atoms with van der Waals surface area (Å²) < 4.78 is 4.62. The molecule has 0 radical (unpaired) electrons. The molecule has 4 aliphatic rings. The molecule has 0 N–H and O–H groups in total. The van der Waals surface area contributed by atoms with E-state index >= 15 is 0 Å². The van der Waals surface area contributed by atoms with Gasteiger partial charge in [-0.1, -0.05) is 91.1 Å². The zero-order chi connectivity index (χ0) is 30.2. The molecule has 1 aromatic heterocycles. The zero-order valence-electron chi connectivity index (χ0n) is 25.8. The quantitative estimate of drug-likeness (QED) is 0.131. The molecule has 2 aromatic carbocycles. The van der Waals surface area contributed by atoms with Gasteiger partial charge in [0, 0.05) is 59.3 Å². The summed E-state index contributed by atoms with van der Waals surface area (Å²) in [6.45, 7) is 5.88. The van der Waals surface area contributed by atoms with Crippen molar-refractivity contribution in [2.24, 2.45) is 11.8 Å². The Morgan fingerprint density at radius 3 is 2.09 bits per heavy atom. The highest BCUT2D eigenvalue weighted by Gasteiger charge is 2.41. The largest absolute Gasteiger partial charge is 0.871 e. The first kappa shape index (κ1) is 28.3. The first-order chi connectivity index (χ1) is 21.5. The van der Waals surface area contributed by atoms with Crippen molar-refractivity contribution in [3.05, 3.63) is 125 Å². The van der Waals surface area contributed by atoms with E-state index in [9.17, 15) is 9.90 Å². The molecule has 0 saturated heterocycles. The Morgan fingerprint density at radius 1 is 0.750 bits per heavy atom. The number of rotatable bonds is 11. The number of Topliss-reactive ketones (excluding diaryl/α,β-unsaturated/α-hetero) is 1. The average Bonchev–Trinajstić information content (AvgIpc) is 3.84. The fourth-order valence-electron chi connectivity index (χ4n) is 7.56. The van der Waals surface area contributed by atoms with Crippen molar-refractivity contribution in [2.45, 2.75) is 58.9 Å². The molecule has 3 aliphatic carbocycles. The van der Waals surface area contributed by atoms with Gasteiger partial charge in [-0.05, 0) is 56.6 Å². The van der Waals surface area contributed by atoms with Gasteiger partial charge in [-0.2, -0.15) is 4.58 Å². The molecule has 222 valence electrons. The Balaban J connectivity index is 1.19. The predicted octanol–water partition coefficient (Wildman–Crippen LogP) is 8.00. The molecule has 4 nitrogen and oxygen atoms in total. The molecule has 0 bridgehead atoms. The van der Waals surface area contributed by atoms with Crippen molar-refractivity contribution < 1.29 is 14.5 Å². The molecule has 0 spiro atoms. The first-order valence-electron chi connectivity index (χ1n) is 16.2. The summed E-state index contributed by atoms with van der Waals surface area (Å²) in [6, 6.07) is 16.4. The lowest BCUT2D eigenvalue weighted by Gasteiger charge is -2.32. The Labute approximate surface area is 260 Å². The number of benzene rings is 2. The fraction of sp³-hybridized carbons (Fsp3) is 0.300. The van der Waals surface area contributed by atoms with Gasteiger partial charge in [-0.15, -0.1) is 0 Å². The number of ketones is 1. The number of aryl methyl sites for hydroxylation is 1. The van der Waals surface area contributed by atoms with E-state index in [-0.39, 0.29) is 11.5 Å². The van der Waals surface area contributed by atoms with Gasteiger partial charge < -0.3 is 9.67 Å². The van der Waals surface area contributed by atoms with Crippen molar-refractivity contribution in [1.29, 1.82) is 0 Å². The van der Waals surface area contributed by atoms with Gasteiger partial charge in [0.05, 0.1) is 11.1 Å². The summed E-state index contributed by atoms with van der Waals surface area (Å²) in [5.74, 6) is 0.853. The molecule has 1 aliphatic heterocycles. The van der Waals surface area contributed by atoms with Gasteiger partial charge in [0.15, 0.2) is 11.5 Å². The van der Waals surface area contributed by atoms with Gasteiger partial charge in [0.1, 0.15) is 6.54 Å². The number of fused-ring (bicyclic) bond motifs is 2. The number of para-hydroxylation sites is 2. The van der Waals surface area contributed by atoms with E-state index in [1.54, 1.807) is 0 Å². The predicted molar refractivity (Wildman–Crippen MR) is 179 cm³/mol. The average molecular weight is 581 g/mol. The van der Waals surface area contributed by atoms with E-state index in [4.69, 9.17) is 0 Å². The van der Waals surface area contributed by atoms with Crippen LogP contribution in [0.3, 0.4) is 0 Å². The molecule has 2 heterocycles. The molecule has 0 atom stereocenters. The smallest absolute Gasteiger partial charge is 0.213 e. The molecule has 0 unspecified atom stereocenters. The maximum absolute atomic E-state index is 14.1. The van der Waals surface area contributed by atoms with Gasteiger partial charge in [-0.3, -0.25) is 4.79 Å². The maximum Gasteiger partial charge on any atom is 0.213 e. The second kappa shape index (κ2) is 11.9. The number of nitrogens with zero attached hydrogens (tertiary/aromatic N) is 2. The van der Waals surface area contributed by atoms with Crippen molar-refractivity contribution in [3.63, 3.8) is 0 Å². The minimum Gasteiger partial charge on any atom is -0.871 e. The number of unbranched alkanes of at least 4 members (excludes halogenated alkanes) is 2. The molecule has 4 heteroatoms. The topological polar surface area (TPSA) is 48.1 Å². The second-order valence-electron chi connectivity index (χ2n) is 12.5. The molecule has 44 heavy (non-hydrogen) atoms. The third-order valence-electron chi connectivity index (χ3n) is 9.86. The van der Waals surface area contributed by atoms with Crippen molar-refractivity contribution in [2.75, 3.05) is 6.54 Å². The maximum atomic E-state index is 14.1. The minimum atomic E-state index is -0.119. The second-order valence-corrected chi connectivity index (χ2v) is 12.5. The van der Waals surface area contributed by atoms with E-state index in [0.29, 0.717) is 23.0 Å². The van der Waals surface area contributed by atoms with Crippen LogP contribution in [0.1, 0.15) is 62.3 Å². The SMILES string of the molecule is CC1=[N+](CCCCC2C=CC=C2)c2ccccc2/C1=C1/C(=O)C(c2c(C)n(CCCCC3C=CC=C3)c3ccccc23)=C1[O-]. The summed E-state index contributed by atoms with van der Waals surface area (Å²) in [6.07, 6.45) is 24.2. The number of carbonyl (C=O) groups excluding carboxylic acids is 1. The Bertz CT molecular complexity index is 1850. The monoisotopic (exact) mass is 580 g/mol. The highest BCUT2D eigenvalue weighted by atomic mass is 16.3. The number of hydrogen-bond donors (Lipinski definition) is 0. The van der Waals surface area contributed by atoms with E-state index < -0.39 is 0 Å². The van der Waals surface area contributed by atoms with Crippen LogP contribution in [0.5, 0.6) is 0 Å². The van der Waals surface area contributed by atoms with Crippen LogP contribution in [-0.2, 0) is 11.3 Å². The number of aromatic nitrogens is 1. The Kier molecular flexibility index (Phi) is 7.68. The lowest BCUT2D eigenvalue weighted by Crippen LogP contribution is -2.31. The molecule has 3 aromatic rings. The summed E-state index contributed by atoms with van der Waals surface area (Å²) in [5.41, 5.74) is 7.54. The van der Waals surface area contributed by atoms with Crippen LogP contribution >= 0.6 is 0 Å². The highest BCUT2D eigenvalue weighted by Crippen LogP contribution is 2.46. The minimum absolute atomic E-state index is 0.119. The highest BCUT2D eigenvalue weighted by molar-refractivity contribution is 6.46. The molecule has 7 rings (SSSR count). The first-order valence-corrected chi connectivity index (χ1v) is 16.2. The summed E-state index contributed by atoms with van der Waals surface area (Å²) in [4.78, 5) is 14.1. The van der Waals surface area contributed by atoms with Crippen LogP contribution in [0.4, 0.5) is 5.69 Å². The van der Waals surface area contributed by atoms with Crippen LogP contribution < -0.4 is 5.11 Å². The van der Waals surface area contributed by atoms with E-state index in [1.165, 1.54) is 0 Å². The van der Waals surface area contributed by atoms with Crippen molar-refractivity contribution >= 4 is 39.2 Å². The standard InChI is InChI=1S/C40H40N2O2/c1-27-35(31-21-7-9-23-33(31)41(27)25-13-11-19-29-15-3-4-16-29)37-39(43)38(40(37)44)36-28(2)42(34-24-10-8-22-32(34)36)26-14-12-20-30-17-5-6-18-30/h3-10,15-18,21-24,29-30H,11-14,19-20,25-26H2,1-2H3.